The van der Waals surface area contributed by atoms with Crippen LogP contribution in [0.25, 0.3) is 0 Å². The zero-order valence-corrected chi connectivity index (χ0v) is 21.2. The normalized spacial score (nSPS) is 15.2. The molecule has 188 valence electrons. The highest BCUT2D eigenvalue weighted by atomic mass is 32.2. The molecule has 9 heteroatoms. The summed E-state index contributed by atoms with van der Waals surface area (Å²) in [4.78, 5) is 27.4. The molecule has 0 N–H and O–H groups in total. The molecule has 3 aromatic rings. The monoisotopic (exact) mass is 508 g/mol. The molecule has 0 saturated heterocycles. The van der Waals surface area contributed by atoms with Gasteiger partial charge in [0.05, 0.1) is 30.8 Å². The second-order valence-corrected chi connectivity index (χ2v) is 10.5. The number of methoxy groups -OCH3 is 1. The van der Waals surface area contributed by atoms with Crippen molar-refractivity contribution in [2.75, 3.05) is 25.1 Å². The van der Waals surface area contributed by atoms with Crippen LogP contribution in [0.5, 0.6) is 5.75 Å². The quantitative estimate of drug-likeness (QED) is 0.454. The van der Waals surface area contributed by atoms with E-state index < -0.39 is 34.5 Å². The van der Waals surface area contributed by atoms with Crippen molar-refractivity contribution in [3.63, 3.8) is 0 Å². The van der Waals surface area contributed by atoms with E-state index in [1.807, 2.05) is 43.3 Å². The molecule has 1 heterocycles. The predicted octanol–water partition coefficient (Wildman–Crippen LogP) is 3.46. The molecule has 0 saturated carbocycles. The SMILES string of the molecule is COC(=O)[C@@H]1CN(C(=O)CN(Cc2ccccc2)S(=O)(=O)c2cc(C)ccc2C)c2ccccc2O1. The van der Waals surface area contributed by atoms with Crippen molar-refractivity contribution in [2.24, 2.45) is 0 Å². The number of ether oxygens (including phenoxy) is 2. The largest absolute Gasteiger partial charge is 0.475 e. The Morgan fingerprint density at radius 3 is 2.44 bits per heavy atom. The fourth-order valence-corrected chi connectivity index (χ4v) is 5.79. The van der Waals surface area contributed by atoms with Crippen molar-refractivity contribution in [1.82, 2.24) is 4.31 Å². The van der Waals surface area contributed by atoms with Gasteiger partial charge in [-0.3, -0.25) is 4.79 Å². The smallest absolute Gasteiger partial charge is 0.348 e. The van der Waals surface area contributed by atoms with Crippen LogP contribution in [0.4, 0.5) is 5.69 Å². The molecule has 0 radical (unpaired) electrons. The fourth-order valence-electron chi connectivity index (χ4n) is 4.10. The number of benzene rings is 3. The number of nitrogens with zero attached hydrogens (tertiary/aromatic N) is 2. The molecule has 4 rings (SSSR count). The summed E-state index contributed by atoms with van der Waals surface area (Å²) in [7, 11) is -2.79. The molecular weight excluding hydrogens is 480 g/mol. The van der Waals surface area contributed by atoms with E-state index in [1.165, 1.54) is 16.3 Å². The van der Waals surface area contributed by atoms with Gasteiger partial charge in [-0.1, -0.05) is 54.6 Å². The second-order valence-electron chi connectivity index (χ2n) is 8.63. The topological polar surface area (TPSA) is 93.2 Å². The Kier molecular flexibility index (Phi) is 7.42. The van der Waals surface area contributed by atoms with Gasteiger partial charge in [-0.05, 0) is 48.7 Å². The number of amides is 1. The number of rotatable bonds is 7. The first-order valence-electron chi connectivity index (χ1n) is 11.5. The third-order valence-electron chi connectivity index (χ3n) is 6.01. The zero-order valence-electron chi connectivity index (χ0n) is 20.4. The van der Waals surface area contributed by atoms with Crippen molar-refractivity contribution in [3.05, 3.63) is 89.5 Å². The van der Waals surface area contributed by atoms with Crippen molar-refractivity contribution in [2.45, 2.75) is 31.4 Å². The average molecular weight is 509 g/mol. The first-order valence-corrected chi connectivity index (χ1v) is 12.9. The Hall–Kier alpha value is -3.69. The highest BCUT2D eigenvalue weighted by molar-refractivity contribution is 7.89. The van der Waals surface area contributed by atoms with Gasteiger partial charge in [0.25, 0.3) is 0 Å². The molecule has 0 bridgehead atoms. The molecule has 1 aliphatic heterocycles. The summed E-state index contributed by atoms with van der Waals surface area (Å²) in [6, 6.07) is 21.1. The molecule has 0 aliphatic carbocycles. The molecular formula is C27H28N2O6S. The standard InChI is InChI=1S/C27H28N2O6S/c1-19-13-14-20(2)25(15-19)36(32,33)28(16-21-9-5-4-6-10-21)18-26(30)29-17-24(27(31)34-3)35-23-12-8-7-11-22(23)29/h4-15,24H,16-18H2,1-3H3/t24-/m0/s1. The molecule has 0 unspecified atom stereocenters. The van der Waals surface area contributed by atoms with Crippen LogP contribution in [-0.4, -0.2) is 50.9 Å². The van der Waals surface area contributed by atoms with Gasteiger partial charge in [0.2, 0.25) is 22.0 Å². The molecule has 1 atom stereocenters. The van der Waals surface area contributed by atoms with Crippen molar-refractivity contribution in [1.29, 1.82) is 0 Å². The minimum Gasteiger partial charge on any atom is -0.475 e. The Bertz CT molecular complexity index is 1370. The number of fused-ring (bicyclic) bond motifs is 1. The van der Waals surface area contributed by atoms with Crippen LogP contribution in [0.2, 0.25) is 0 Å². The number of anilines is 1. The van der Waals surface area contributed by atoms with Crippen molar-refractivity contribution < 1.29 is 27.5 Å². The molecule has 8 nitrogen and oxygen atoms in total. The first kappa shape index (κ1) is 25.4. The van der Waals surface area contributed by atoms with E-state index in [2.05, 4.69) is 0 Å². The van der Waals surface area contributed by atoms with Gasteiger partial charge in [0.1, 0.15) is 5.75 Å². The third kappa shape index (κ3) is 5.27. The summed E-state index contributed by atoms with van der Waals surface area (Å²) < 4.78 is 39.4. The number of para-hydroxylation sites is 2. The lowest BCUT2D eigenvalue weighted by Crippen LogP contribution is -2.50. The fraction of sp³-hybridized carbons (Fsp3) is 0.259. The van der Waals surface area contributed by atoms with E-state index in [0.29, 0.717) is 17.0 Å². The summed E-state index contributed by atoms with van der Waals surface area (Å²) in [5.41, 5.74) is 2.60. The molecule has 1 amide bonds. The lowest BCUT2D eigenvalue weighted by Gasteiger charge is -2.34. The van der Waals surface area contributed by atoms with Crippen LogP contribution >= 0.6 is 0 Å². The Labute approximate surface area is 211 Å². The molecule has 0 fully saturated rings. The maximum Gasteiger partial charge on any atom is 0.348 e. The maximum atomic E-state index is 13.8. The minimum absolute atomic E-state index is 0.00864. The number of carbonyl (C=O) groups is 2. The van der Waals surface area contributed by atoms with Gasteiger partial charge in [0.15, 0.2) is 0 Å². The maximum absolute atomic E-state index is 13.8. The number of aryl methyl sites for hydroxylation is 2. The number of carbonyl (C=O) groups excluding carboxylic acids is 2. The summed E-state index contributed by atoms with van der Waals surface area (Å²) in [5.74, 6) is -0.754. The van der Waals surface area contributed by atoms with Gasteiger partial charge in [-0.25, -0.2) is 13.2 Å². The molecule has 0 spiro atoms. The average Bonchev–Trinajstić information content (AvgIpc) is 2.89. The second kappa shape index (κ2) is 10.5. The van der Waals surface area contributed by atoms with E-state index in [1.54, 1.807) is 43.3 Å². The summed E-state index contributed by atoms with van der Waals surface area (Å²) >= 11 is 0. The van der Waals surface area contributed by atoms with E-state index >= 15 is 0 Å². The highest BCUT2D eigenvalue weighted by Gasteiger charge is 2.37. The number of sulfonamides is 1. The zero-order chi connectivity index (χ0) is 25.9. The lowest BCUT2D eigenvalue weighted by molar-refractivity contribution is -0.148. The van der Waals surface area contributed by atoms with Crippen LogP contribution in [0.1, 0.15) is 16.7 Å². The number of hydrogen-bond acceptors (Lipinski definition) is 6. The Morgan fingerprint density at radius 2 is 1.72 bits per heavy atom. The Balaban J connectivity index is 1.71. The van der Waals surface area contributed by atoms with Gasteiger partial charge in [0, 0.05) is 6.54 Å². The van der Waals surface area contributed by atoms with Gasteiger partial charge in [-0.15, -0.1) is 0 Å². The van der Waals surface area contributed by atoms with Gasteiger partial charge < -0.3 is 14.4 Å². The first-order chi connectivity index (χ1) is 17.2. The minimum atomic E-state index is -4.04. The molecule has 3 aromatic carbocycles. The van der Waals surface area contributed by atoms with Crippen molar-refractivity contribution in [3.8, 4) is 5.75 Å². The summed E-state index contributed by atoms with van der Waals surface area (Å²) in [6.07, 6.45) is -1.02. The third-order valence-corrected chi connectivity index (χ3v) is 7.95. The van der Waals surface area contributed by atoms with E-state index in [0.717, 1.165) is 11.1 Å². The van der Waals surface area contributed by atoms with Gasteiger partial charge >= 0.3 is 5.97 Å². The molecule has 1 aliphatic rings. The van der Waals surface area contributed by atoms with Crippen LogP contribution < -0.4 is 9.64 Å². The van der Waals surface area contributed by atoms with E-state index in [9.17, 15) is 18.0 Å². The van der Waals surface area contributed by atoms with Crippen LogP contribution in [0.15, 0.2) is 77.7 Å². The summed E-state index contributed by atoms with van der Waals surface area (Å²) in [5, 5.41) is 0. The van der Waals surface area contributed by atoms with Gasteiger partial charge in [-0.2, -0.15) is 4.31 Å². The van der Waals surface area contributed by atoms with E-state index in [4.69, 9.17) is 9.47 Å². The predicted molar refractivity (Wildman–Crippen MR) is 135 cm³/mol. The van der Waals surface area contributed by atoms with Crippen LogP contribution in [0.3, 0.4) is 0 Å². The number of hydrogen-bond donors (Lipinski definition) is 0. The van der Waals surface area contributed by atoms with Crippen LogP contribution in [0, 0.1) is 13.8 Å². The van der Waals surface area contributed by atoms with E-state index in [-0.39, 0.29) is 18.0 Å². The van der Waals surface area contributed by atoms with Crippen molar-refractivity contribution >= 4 is 27.6 Å². The Morgan fingerprint density at radius 1 is 1.03 bits per heavy atom. The van der Waals surface area contributed by atoms with Crippen LogP contribution in [-0.2, 0) is 30.9 Å². The molecule has 36 heavy (non-hydrogen) atoms. The molecule has 0 aromatic heterocycles. The summed E-state index contributed by atoms with van der Waals surface area (Å²) in [6.45, 7) is 3.05. The highest BCUT2D eigenvalue weighted by Crippen LogP contribution is 2.34. The number of esters is 1. The lowest BCUT2D eigenvalue weighted by atomic mass is 10.2.